The summed E-state index contributed by atoms with van der Waals surface area (Å²) in [6.07, 6.45) is 6.30. The molecule has 1 saturated heterocycles. The van der Waals surface area contributed by atoms with E-state index in [0.717, 1.165) is 18.4 Å². The third-order valence-corrected chi connectivity index (χ3v) is 5.20. The molecule has 0 spiro atoms. The molecule has 150 valence electrons. The van der Waals surface area contributed by atoms with Gasteiger partial charge in [-0.15, -0.1) is 10.2 Å². The van der Waals surface area contributed by atoms with Crippen LogP contribution in [-0.4, -0.2) is 50.0 Å². The van der Waals surface area contributed by atoms with Crippen LogP contribution in [0.2, 0.25) is 5.02 Å². The van der Waals surface area contributed by atoms with E-state index in [0.29, 0.717) is 42.7 Å². The SMILES string of the molecule is O=C(CCc1cccc(Cl)c1)N1CCC(Oc2ccc(-n3cccn3)nn2)CC1. The molecular weight excluding hydrogens is 390 g/mol. The Labute approximate surface area is 174 Å². The number of nitrogens with zero attached hydrogens (tertiary/aromatic N) is 5. The number of rotatable bonds is 6. The molecule has 0 unspecified atom stereocenters. The summed E-state index contributed by atoms with van der Waals surface area (Å²) in [4.78, 5) is 14.4. The first-order chi connectivity index (χ1) is 14.2. The van der Waals surface area contributed by atoms with E-state index in [2.05, 4.69) is 15.3 Å². The summed E-state index contributed by atoms with van der Waals surface area (Å²) in [5.41, 5.74) is 1.08. The summed E-state index contributed by atoms with van der Waals surface area (Å²) >= 11 is 6.00. The minimum Gasteiger partial charge on any atom is -0.473 e. The van der Waals surface area contributed by atoms with Crippen LogP contribution in [0.25, 0.3) is 5.82 Å². The molecule has 29 heavy (non-hydrogen) atoms. The summed E-state index contributed by atoms with van der Waals surface area (Å²) in [5, 5.41) is 13.1. The predicted octanol–water partition coefficient (Wildman–Crippen LogP) is 3.32. The first-order valence-corrected chi connectivity index (χ1v) is 10.1. The van der Waals surface area contributed by atoms with Gasteiger partial charge in [-0.3, -0.25) is 4.79 Å². The summed E-state index contributed by atoms with van der Waals surface area (Å²) in [6.45, 7) is 1.38. The number of ether oxygens (including phenoxy) is 1. The molecule has 0 aliphatic carbocycles. The number of aromatic nitrogens is 4. The van der Waals surface area contributed by atoms with Crippen molar-refractivity contribution in [3.05, 3.63) is 65.4 Å². The zero-order valence-corrected chi connectivity index (χ0v) is 16.7. The highest BCUT2D eigenvalue weighted by atomic mass is 35.5. The maximum atomic E-state index is 12.5. The third kappa shape index (κ3) is 5.12. The summed E-state index contributed by atoms with van der Waals surface area (Å²) in [6, 6.07) is 13.1. The molecule has 1 aliphatic heterocycles. The average Bonchev–Trinajstić information content (AvgIpc) is 3.28. The Balaban J connectivity index is 1.23. The molecule has 2 aromatic heterocycles. The lowest BCUT2D eigenvalue weighted by atomic mass is 10.1. The quantitative estimate of drug-likeness (QED) is 0.622. The zero-order valence-electron chi connectivity index (χ0n) is 15.9. The van der Waals surface area contributed by atoms with Crippen molar-refractivity contribution in [1.29, 1.82) is 0 Å². The molecule has 1 aliphatic rings. The van der Waals surface area contributed by atoms with E-state index in [1.165, 1.54) is 0 Å². The van der Waals surface area contributed by atoms with E-state index in [1.54, 1.807) is 16.9 Å². The van der Waals surface area contributed by atoms with Crippen LogP contribution in [0.3, 0.4) is 0 Å². The predicted molar refractivity (Wildman–Crippen MR) is 109 cm³/mol. The van der Waals surface area contributed by atoms with Gasteiger partial charge in [0, 0.05) is 55.8 Å². The van der Waals surface area contributed by atoms with E-state index < -0.39 is 0 Å². The normalized spacial score (nSPS) is 14.7. The molecule has 0 saturated carbocycles. The van der Waals surface area contributed by atoms with Gasteiger partial charge in [0.1, 0.15) is 6.10 Å². The molecular formula is C21H22ClN5O2. The molecule has 0 atom stereocenters. The van der Waals surface area contributed by atoms with Crippen molar-refractivity contribution >= 4 is 17.5 Å². The Morgan fingerprint density at radius 2 is 2.00 bits per heavy atom. The number of aryl methyl sites for hydroxylation is 1. The van der Waals surface area contributed by atoms with Gasteiger partial charge >= 0.3 is 0 Å². The van der Waals surface area contributed by atoms with Gasteiger partial charge in [-0.1, -0.05) is 23.7 Å². The van der Waals surface area contributed by atoms with Crippen LogP contribution in [0.1, 0.15) is 24.8 Å². The van der Waals surface area contributed by atoms with Crippen LogP contribution in [0.5, 0.6) is 5.88 Å². The third-order valence-electron chi connectivity index (χ3n) is 4.96. The van der Waals surface area contributed by atoms with Crippen molar-refractivity contribution in [2.45, 2.75) is 31.8 Å². The van der Waals surface area contributed by atoms with Crippen molar-refractivity contribution < 1.29 is 9.53 Å². The van der Waals surface area contributed by atoms with Gasteiger partial charge in [0.15, 0.2) is 5.82 Å². The summed E-state index contributed by atoms with van der Waals surface area (Å²) < 4.78 is 7.59. The second-order valence-corrected chi connectivity index (χ2v) is 7.44. The summed E-state index contributed by atoms with van der Waals surface area (Å²) in [5.74, 6) is 1.31. The molecule has 1 amide bonds. The molecule has 8 heteroatoms. The van der Waals surface area contributed by atoms with Crippen LogP contribution in [0, 0.1) is 0 Å². The fourth-order valence-corrected chi connectivity index (χ4v) is 3.61. The second-order valence-electron chi connectivity index (χ2n) is 7.01. The highest BCUT2D eigenvalue weighted by Gasteiger charge is 2.24. The number of likely N-dealkylation sites (tertiary alicyclic amines) is 1. The Hall–Kier alpha value is -2.93. The van der Waals surface area contributed by atoms with Crippen molar-refractivity contribution in [3.8, 4) is 11.7 Å². The van der Waals surface area contributed by atoms with E-state index in [1.807, 2.05) is 47.5 Å². The monoisotopic (exact) mass is 411 g/mol. The number of amides is 1. The topological polar surface area (TPSA) is 73.1 Å². The van der Waals surface area contributed by atoms with Crippen LogP contribution >= 0.6 is 11.6 Å². The molecule has 0 N–H and O–H groups in total. The zero-order chi connectivity index (χ0) is 20.1. The molecule has 1 fully saturated rings. The van der Waals surface area contributed by atoms with Gasteiger partial charge < -0.3 is 9.64 Å². The second kappa shape index (κ2) is 9.05. The van der Waals surface area contributed by atoms with E-state index >= 15 is 0 Å². The largest absolute Gasteiger partial charge is 0.473 e. The van der Waals surface area contributed by atoms with E-state index in [4.69, 9.17) is 16.3 Å². The van der Waals surface area contributed by atoms with E-state index in [9.17, 15) is 4.79 Å². The van der Waals surface area contributed by atoms with Crippen molar-refractivity contribution in [1.82, 2.24) is 24.9 Å². The number of hydrogen-bond acceptors (Lipinski definition) is 5. The number of carbonyl (C=O) groups excluding carboxylic acids is 1. The molecule has 0 radical (unpaired) electrons. The Bertz CT molecular complexity index is 938. The highest BCUT2D eigenvalue weighted by Crippen LogP contribution is 2.19. The maximum Gasteiger partial charge on any atom is 0.233 e. The van der Waals surface area contributed by atoms with Gasteiger partial charge in [-0.2, -0.15) is 5.10 Å². The van der Waals surface area contributed by atoms with Crippen LogP contribution in [0.4, 0.5) is 0 Å². The lowest BCUT2D eigenvalue weighted by molar-refractivity contribution is -0.132. The van der Waals surface area contributed by atoms with Gasteiger partial charge in [0.2, 0.25) is 11.8 Å². The standard InChI is InChI=1S/C21H22ClN5O2/c22-17-4-1-3-16(15-17)5-8-21(28)26-13-9-18(10-14-26)29-20-7-6-19(24-25-20)27-12-2-11-23-27/h1-4,6-7,11-12,15,18H,5,8-10,13-14H2. The maximum absolute atomic E-state index is 12.5. The van der Waals surface area contributed by atoms with Gasteiger partial charge in [0.25, 0.3) is 0 Å². The molecule has 3 aromatic rings. The van der Waals surface area contributed by atoms with Crippen molar-refractivity contribution in [2.24, 2.45) is 0 Å². The van der Waals surface area contributed by atoms with Gasteiger partial charge in [0.05, 0.1) is 0 Å². The molecule has 3 heterocycles. The van der Waals surface area contributed by atoms with Crippen LogP contribution in [-0.2, 0) is 11.2 Å². The number of piperidine rings is 1. The first kappa shape index (κ1) is 19.4. The minimum atomic E-state index is 0.0387. The number of halogens is 1. The minimum absolute atomic E-state index is 0.0387. The molecule has 4 rings (SSSR count). The van der Waals surface area contributed by atoms with E-state index in [-0.39, 0.29) is 12.0 Å². The van der Waals surface area contributed by atoms with Crippen LogP contribution in [0.15, 0.2) is 54.9 Å². The smallest absolute Gasteiger partial charge is 0.233 e. The first-order valence-electron chi connectivity index (χ1n) is 9.70. The lowest BCUT2D eigenvalue weighted by Gasteiger charge is -2.32. The average molecular weight is 412 g/mol. The van der Waals surface area contributed by atoms with Gasteiger partial charge in [-0.25, -0.2) is 4.68 Å². The Morgan fingerprint density at radius 1 is 1.14 bits per heavy atom. The van der Waals surface area contributed by atoms with Gasteiger partial charge in [-0.05, 0) is 36.2 Å². The number of carbonyl (C=O) groups is 1. The Kier molecular flexibility index (Phi) is 6.05. The molecule has 0 bridgehead atoms. The van der Waals surface area contributed by atoms with Crippen molar-refractivity contribution in [3.63, 3.8) is 0 Å². The fourth-order valence-electron chi connectivity index (χ4n) is 3.40. The highest BCUT2D eigenvalue weighted by molar-refractivity contribution is 6.30. The number of benzene rings is 1. The Morgan fingerprint density at radius 3 is 2.69 bits per heavy atom. The molecule has 1 aromatic carbocycles. The molecule has 7 nitrogen and oxygen atoms in total. The summed E-state index contributed by atoms with van der Waals surface area (Å²) in [7, 11) is 0. The lowest BCUT2D eigenvalue weighted by Crippen LogP contribution is -2.42. The fraction of sp³-hybridized carbons (Fsp3) is 0.333. The van der Waals surface area contributed by atoms with Crippen molar-refractivity contribution in [2.75, 3.05) is 13.1 Å². The van der Waals surface area contributed by atoms with Crippen LogP contribution < -0.4 is 4.74 Å². The number of hydrogen-bond donors (Lipinski definition) is 0.